The lowest BCUT2D eigenvalue weighted by atomic mass is 9.96. The van der Waals surface area contributed by atoms with Crippen molar-refractivity contribution in [1.29, 1.82) is 0 Å². The summed E-state index contributed by atoms with van der Waals surface area (Å²) in [5, 5.41) is 7.72. The summed E-state index contributed by atoms with van der Waals surface area (Å²) in [5.41, 5.74) is -0.997. The van der Waals surface area contributed by atoms with Crippen LogP contribution >= 0.6 is 0 Å². The monoisotopic (exact) mass is 474 g/mol. The van der Waals surface area contributed by atoms with Crippen molar-refractivity contribution in [1.82, 2.24) is 20.9 Å². The lowest BCUT2D eigenvalue weighted by molar-refractivity contribution is -0.147. The zero-order chi connectivity index (χ0) is 24.6. The van der Waals surface area contributed by atoms with Gasteiger partial charge < -0.3 is 29.8 Å². The number of carbonyl (C=O) groups is 5. The van der Waals surface area contributed by atoms with Crippen molar-refractivity contribution in [3.63, 3.8) is 0 Å². The lowest BCUT2D eigenvalue weighted by Gasteiger charge is -2.27. The maximum Gasteiger partial charge on any atom is 0.338 e. The minimum absolute atomic E-state index is 0.00891. The fraction of sp³-hybridized carbons (Fsp3) is 0.500. The Balaban J connectivity index is 1.50. The highest BCUT2D eigenvalue weighted by molar-refractivity contribution is 6.08. The summed E-state index contributed by atoms with van der Waals surface area (Å²) >= 11 is 0. The maximum atomic E-state index is 12.7. The molecule has 1 aromatic heterocycles. The van der Waals surface area contributed by atoms with Crippen LogP contribution in [0.25, 0.3) is 0 Å². The molecule has 3 N–H and O–H groups in total. The zero-order valence-corrected chi connectivity index (χ0v) is 19.1. The van der Waals surface area contributed by atoms with E-state index >= 15 is 0 Å². The molecule has 0 radical (unpaired) electrons. The highest BCUT2D eigenvalue weighted by Crippen LogP contribution is 2.42. The summed E-state index contributed by atoms with van der Waals surface area (Å²) in [5.74, 6) is -1.16. The second-order valence-electron chi connectivity index (χ2n) is 8.55. The van der Waals surface area contributed by atoms with Crippen molar-refractivity contribution in [3.8, 4) is 0 Å². The summed E-state index contributed by atoms with van der Waals surface area (Å²) < 4.78 is 15.9. The number of amides is 5. The molecule has 1 aliphatic carbocycles. The largest absolute Gasteiger partial charge is 0.464 e. The Hall–Kier alpha value is -3.83. The first-order valence-corrected chi connectivity index (χ1v) is 11.0. The molecule has 34 heavy (non-hydrogen) atoms. The van der Waals surface area contributed by atoms with Gasteiger partial charge in [-0.25, -0.2) is 14.4 Å². The number of urea groups is 2. The molecule has 2 atom stereocenters. The molecule has 0 aromatic carbocycles. The maximum absolute atomic E-state index is 12.7. The van der Waals surface area contributed by atoms with Crippen LogP contribution in [0.3, 0.4) is 0 Å². The van der Waals surface area contributed by atoms with Crippen LogP contribution in [-0.4, -0.2) is 60.1 Å². The Morgan fingerprint density at radius 1 is 1.21 bits per heavy atom. The second-order valence-corrected chi connectivity index (χ2v) is 8.55. The lowest BCUT2D eigenvalue weighted by Crippen LogP contribution is -2.47. The number of furan rings is 1. The Kier molecular flexibility index (Phi) is 6.07. The van der Waals surface area contributed by atoms with Crippen molar-refractivity contribution in [2.24, 2.45) is 5.92 Å². The first-order chi connectivity index (χ1) is 16.1. The Bertz CT molecular complexity index is 1090. The number of carbonyl (C=O) groups excluding carboxylic acids is 5. The van der Waals surface area contributed by atoms with Crippen LogP contribution in [0, 0.1) is 12.8 Å². The number of hydrogen-bond acceptors (Lipinski definition) is 8. The smallest absolute Gasteiger partial charge is 0.338 e. The third kappa shape index (κ3) is 4.35. The number of rotatable bonds is 8. The van der Waals surface area contributed by atoms with Gasteiger partial charge in [0.05, 0.1) is 17.9 Å². The molecule has 2 unspecified atom stereocenters. The fourth-order valence-electron chi connectivity index (χ4n) is 4.13. The molecular formula is C22H26N4O8. The van der Waals surface area contributed by atoms with E-state index < -0.39 is 54.6 Å². The number of esters is 2. The fourth-order valence-corrected chi connectivity index (χ4v) is 4.13. The molecule has 2 aliphatic heterocycles. The van der Waals surface area contributed by atoms with Gasteiger partial charge in [0, 0.05) is 0 Å². The highest BCUT2D eigenvalue weighted by Gasteiger charge is 2.56. The van der Waals surface area contributed by atoms with Gasteiger partial charge in [-0.15, -0.1) is 0 Å². The van der Waals surface area contributed by atoms with E-state index in [9.17, 15) is 24.0 Å². The number of ether oxygens (including phenoxy) is 2. The van der Waals surface area contributed by atoms with Crippen molar-refractivity contribution in [2.75, 3.05) is 19.8 Å². The van der Waals surface area contributed by atoms with E-state index in [0.29, 0.717) is 11.5 Å². The number of aryl methyl sites for hydroxylation is 1. The van der Waals surface area contributed by atoms with E-state index in [4.69, 9.17) is 13.9 Å². The zero-order valence-electron chi connectivity index (χ0n) is 19.1. The molecule has 1 saturated heterocycles. The van der Waals surface area contributed by atoms with E-state index in [1.807, 2.05) is 0 Å². The Morgan fingerprint density at radius 2 is 1.94 bits per heavy atom. The quantitative estimate of drug-likeness (QED) is 0.372. The molecule has 1 saturated carbocycles. The summed E-state index contributed by atoms with van der Waals surface area (Å²) in [6.07, 6.45) is 1.66. The van der Waals surface area contributed by atoms with Crippen LogP contribution in [0.4, 0.5) is 9.59 Å². The molecular weight excluding hydrogens is 448 g/mol. The number of hydrogen-bond donors (Lipinski definition) is 3. The average molecular weight is 474 g/mol. The number of nitrogens with zero attached hydrogens (tertiary/aromatic N) is 1. The SMILES string of the molecule is CCOC(=O)C1=C(COC(=O)CN2C(=O)NC(C)(C3CC3)C2=O)NC(=O)NC1c1ccc(C)o1. The van der Waals surface area contributed by atoms with Crippen molar-refractivity contribution in [3.05, 3.63) is 34.9 Å². The minimum atomic E-state index is -1.02. The first kappa shape index (κ1) is 23.3. The molecule has 0 bridgehead atoms. The molecule has 0 spiro atoms. The van der Waals surface area contributed by atoms with Gasteiger partial charge in [0.25, 0.3) is 5.91 Å². The molecule has 182 valence electrons. The topological polar surface area (TPSA) is 156 Å². The van der Waals surface area contributed by atoms with Crippen LogP contribution in [-0.2, 0) is 23.9 Å². The molecule has 4 rings (SSSR count). The molecule has 1 aromatic rings. The summed E-state index contributed by atoms with van der Waals surface area (Å²) in [6.45, 7) is 3.99. The van der Waals surface area contributed by atoms with Crippen LogP contribution in [0.5, 0.6) is 0 Å². The van der Waals surface area contributed by atoms with Gasteiger partial charge in [-0.3, -0.25) is 14.5 Å². The van der Waals surface area contributed by atoms with Gasteiger partial charge in [0.15, 0.2) is 0 Å². The third-order valence-corrected chi connectivity index (χ3v) is 6.05. The number of imide groups is 1. The predicted molar refractivity (Wildman–Crippen MR) is 114 cm³/mol. The van der Waals surface area contributed by atoms with E-state index in [1.165, 1.54) is 0 Å². The second kappa shape index (κ2) is 8.84. The van der Waals surface area contributed by atoms with Gasteiger partial charge in [0.2, 0.25) is 0 Å². The minimum Gasteiger partial charge on any atom is -0.464 e. The first-order valence-electron chi connectivity index (χ1n) is 11.0. The van der Waals surface area contributed by atoms with Crippen molar-refractivity contribution >= 4 is 29.9 Å². The van der Waals surface area contributed by atoms with Crippen LogP contribution < -0.4 is 16.0 Å². The molecule has 12 heteroatoms. The normalized spacial score (nSPS) is 24.5. The highest BCUT2D eigenvalue weighted by atomic mass is 16.5. The van der Waals surface area contributed by atoms with Gasteiger partial charge in [-0.05, 0) is 51.7 Å². The van der Waals surface area contributed by atoms with E-state index in [1.54, 1.807) is 32.9 Å². The summed E-state index contributed by atoms with van der Waals surface area (Å²) in [4.78, 5) is 63.2. The average Bonchev–Trinajstić information content (AvgIpc) is 3.52. The van der Waals surface area contributed by atoms with Crippen molar-refractivity contribution < 1.29 is 37.9 Å². The molecule has 2 fully saturated rings. The standard InChI is InChI=1S/C22H26N4O8/c1-4-32-18(28)16-13(23-20(30)24-17(16)14-8-5-11(2)34-14)10-33-15(27)9-26-19(29)22(3,12-6-7-12)25-21(26)31/h5,8,12,17H,4,6-7,9-10H2,1-3H3,(H,25,31)(H2,23,24,30). The van der Waals surface area contributed by atoms with Crippen LogP contribution in [0.2, 0.25) is 0 Å². The Labute approximate surface area is 195 Å². The van der Waals surface area contributed by atoms with Crippen molar-refractivity contribution in [2.45, 2.75) is 45.2 Å². The van der Waals surface area contributed by atoms with Gasteiger partial charge in [-0.1, -0.05) is 0 Å². The predicted octanol–water partition coefficient (Wildman–Crippen LogP) is 1.02. The summed E-state index contributed by atoms with van der Waals surface area (Å²) in [6, 6.07) is 1.04. The molecule has 12 nitrogen and oxygen atoms in total. The number of nitrogens with one attached hydrogen (secondary N) is 3. The van der Waals surface area contributed by atoms with Gasteiger partial charge in [-0.2, -0.15) is 0 Å². The van der Waals surface area contributed by atoms with Crippen LogP contribution in [0.15, 0.2) is 27.8 Å². The molecule has 5 amide bonds. The molecule has 3 aliphatic rings. The third-order valence-electron chi connectivity index (χ3n) is 6.05. The van der Waals surface area contributed by atoms with Crippen LogP contribution in [0.1, 0.15) is 44.3 Å². The van der Waals surface area contributed by atoms with Gasteiger partial charge >= 0.3 is 24.0 Å². The summed E-state index contributed by atoms with van der Waals surface area (Å²) in [7, 11) is 0. The van der Waals surface area contributed by atoms with E-state index in [0.717, 1.165) is 17.7 Å². The Morgan fingerprint density at radius 3 is 2.56 bits per heavy atom. The van der Waals surface area contributed by atoms with E-state index in [2.05, 4.69) is 16.0 Å². The molecule has 3 heterocycles. The van der Waals surface area contributed by atoms with E-state index in [-0.39, 0.29) is 23.8 Å². The van der Waals surface area contributed by atoms with Gasteiger partial charge in [0.1, 0.15) is 36.3 Å².